The third-order valence-electron chi connectivity index (χ3n) is 10.2. The van der Waals surface area contributed by atoms with Gasteiger partial charge in [0.1, 0.15) is 29.5 Å². The monoisotopic (exact) mass is 743 g/mol. The van der Waals surface area contributed by atoms with Crippen LogP contribution < -0.4 is 20.1 Å². The molecule has 52 heavy (non-hydrogen) atoms. The van der Waals surface area contributed by atoms with E-state index >= 15 is 8.78 Å². The van der Waals surface area contributed by atoms with Crippen molar-refractivity contribution >= 4 is 44.7 Å². The number of sulfonamides is 1. The predicted molar refractivity (Wildman–Crippen MR) is 178 cm³/mol. The maximum absolute atomic E-state index is 15.3. The first-order valence-electron chi connectivity index (χ1n) is 17.4. The number of para-hydroxylation sites is 2. The lowest BCUT2D eigenvalue weighted by atomic mass is 10.00. The van der Waals surface area contributed by atoms with E-state index in [2.05, 4.69) is 25.8 Å². The highest BCUT2D eigenvalue weighted by molar-refractivity contribution is 7.91. The Labute approximate surface area is 297 Å². The van der Waals surface area contributed by atoms with Crippen LogP contribution in [0, 0.1) is 12.8 Å². The molecule has 0 bridgehead atoms. The molecule has 2 saturated heterocycles. The van der Waals surface area contributed by atoms with E-state index in [0.717, 1.165) is 0 Å². The molecule has 18 heteroatoms. The Morgan fingerprint density at radius 1 is 1.08 bits per heavy atom. The lowest BCUT2D eigenvalue weighted by Gasteiger charge is -2.30. The fourth-order valence-electron chi connectivity index (χ4n) is 7.13. The number of nitrogens with zero attached hydrogens (tertiary/aromatic N) is 4. The Balaban J connectivity index is 1.19. The number of hydrogen-bond donors (Lipinski definition) is 3. The molecule has 2 aliphatic heterocycles. The minimum absolute atomic E-state index is 0.0680. The average Bonchev–Trinajstić information content (AvgIpc) is 3.98. The zero-order chi connectivity index (χ0) is 36.8. The first-order chi connectivity index (χ1) is 24.7. The van der Waals surface area contributed by atoms with Gasteiger partial charge in [0.2, 0.25) is 33.6 Å². The van der Waals surface area contributed by atoms with Crippen molar-refractivity contribution in [3.63, 3.8) is 0 Å². The van der Waals surface area contributed by atoms with E-state index in [1.165, 1.54) is 17.2 Å². The fraction of sp³-hybridized carbons (Fsp3) is 0.559. The van der Waals surface area contributed by atoms with Crippen molar-refractivity contribution in [2.75, 3.05) is 6.54 Å². The Kier molecular flexibility index (Phi) is 9.37. The summed E-state index contributed by atoms with van der Waals surface area (Å²) in [4.78, 5) is 65.4. The van der Waals surface area contributed by atoms with E-state index in [1.807, 2.05) is 10.8 Å². The van der Waals surface area contributed by atoms with Gasteiger partial charge in [0, 0.05) is 25.3 Å². The molecule has 0 unspecified atom stereocenters. The Morgan fingerprint density at radius 2 is 1.85 bits per heavy atom. The fourth-order valence-corrected chi connectivity index (χ4v) is 8.49. The van der Waals surface area contributed by atoms with Crippen LogP contribution in [-0.2, 0) is 24.4 Å². The van der Waals surface area contributed by atoms with Crippen molar-refractivity contribution in [2.45, 2.75) is 106 Å². The minimum atomic E-state index is -4.07. The summed E-state index contributed by atoms with van der Waals surface area (Å²) in [6.07, 6.45) is 0.570. The smallest absolute Gasteiger partial charge is 0.274 e. The number of carbonyl (C=O) groups is 4. The Bertz CT molecular complexity index is 2010. The van der Waals surface area contributed by atoms with Gasteiger partial charge in [-0.1, -0.05) is 30.1 Å². The number of rotatable bonds is 7. The van der Waals surface area contributed by atoms with Gasteiger partial charge < -0.3 is 24.8 Å². The SMILES string of the molecule is Cc1cc(C(=O)N[C@H]2CCCCCC(F)(F)C[C@@H]3C[C@@]3(C(=O)NS(=O)(=O)C3CC3)NC(=O)[C@@H]3C[C@@H](Oc4cnc5ccccc5n4)CN3C2=O)no1. The van der Waals surface area contributed by atoms with Crippen molar-refractivity contribution in [3.05, 3.63) is 48.0 Å². The molecule has 15 nitrogen and oxygen atoms in total. The normalized spacial score (nSPS) is 28.1. The number of alkyl halides is 2. The third-order valence-corrected chi connectivity index (χ3v) is 12.0. The predicted octanol–water partition coefficient (Wildman–Crippen LogP) is 2.55. The number of ether oxygens (including phenoxy) is 1. The van der Waals surface area contributed by atoms with Crippen LogP contribution in [0.3, 0.4) is 0 Å². The van der Waals surface area contributed by atoms with Crippen LogP contribution >= 0.6 is 0 Å². The van der Waals surface area contributed by atoms with Crippen LogP contribution in [0.5, 0.6) is 5.88 Å². The molecule has 5 atom stereocenters. The van der Waals surface area contributed by atoms with Gasteiger partial charge in [-0.25, -0.2) is 27.2 Å². The zero-order valence-electron chi connectivity index (χ0n) is 28.3. The molecular formula is C34H39F2N7O8S. The molecule has 3 aromatic rings. The highest BCUT2D eigenvalue weighted by Crippen LogP contribution is 2.51. The number of nitrogens with one attached hydrogen (secondary N) is 3. The molecule has 3 N–H and O–H groups in total. The largest absolute Gasteiger partial charge is 0.471 e. The summed E-state index contributed by atoms with van der Waals surface area (Å²) in [7, 11) is -4.07. The molecule has 278 valence electrons. The van der Waals surface area contributed by atoms with Crippen LogP contribution in [0.1, 0.15) is 80.5 Å². The molecule has 2 aliphatic carbocycles. The zero-order valence-corrected chi connectivity index (χ0v) is 29.2. The third kappa shape index (κ3) is 7.56. The summed E-state index contributed by atoms with van der Waals surface area (Å²) in [5.74, 6) is -7.01. The second kappa shape index (κ2) is 13.7. The number of aromatic nitrogens is 3. The van der Waals surface area contributed by atoms with E-state index in [0.29, 0.717) is 42.5 Å². The van der Waals surface area contributed by atoms with Crippen molar-refractivity contribution < 1.29 is 45.6 Å². The summed E-state index contributed by atoms with van der Waals surface area (Å²) in [6.45, 7) is 1.47. The van der Waals surface area contributed by atoms with E-state index < -0.39 is 87.3 Å². The standard InChI is InChI=1S/C34H39F2N7O8S/c1-19-13-26(41-51-19)29(44)39-25-9-3-2-6-12-33(35,36)15-20-16-34(20,32(47)42-52(48,49)22-10-11-22)40-30(45)27-14-21(18-43(27)31(25)46)50-28-17-37-23-7-4-5-8-24(23)38-28/h4-5,7-8,13,17,20-22,25,27H,2-3,6,9-12,14-16,18H2,1H3,(H,39,44)(H,40,45)(H,42,47)/t20-,21-,25+,27+,34-/m1/s1. The highest BCUT2D eigenvalue weighted by atomic mass is 32.2. The van der Waals surface area contributed by atoms with Gasteiger partial charge in [0.25, 0.3) is 11.8 Å². The van der Waals surface area contributed by atoms with Gasteiger partial charge in [0.15, 0.2) is 5.69 Å². The van der Waals surface area contributed by atoms with E-state index in [9.17, 15) is 27.6 Å². The second-order valence-corrected chi connectivity index (χ2v) is 16.2. The first kappa shape index (κ1) is 35.7. The molecular weight excluding hydrogens is 704 g/mol. The molecule has 2 saturated carbocycles. The number of fused-ring (bicyclic) bond motifs is 3. The summed E-state index contributed by atoms with van der Waals surface area (Å²) in [6, 6.07) is 6.05. The lowest BCUT2D eigenvalue weighted by Crippen LogP contribution is -2.58. The Morgan fingerprint density at radius 3 is 2.58 bits per heavy atom. The van der Waals surface area contributed by atoms with Crippen molar-refractivity contribution in [1.82, 2.24) is 35.4 Å². The molecule has 4 fully saturated rings. The number of carbonyl (C=O) groups excluding carboxylic acids is 4. The summed E-state index contributed by atoms with van der Waals surface area (Å²) in [5, 5.41) is 8.24. The van der Waals surface area contributed by atoms with Crippen LogP contribution in [0.25, 0.3) is 11.0 Å². The number of aryl methyl sites for hydroxylation is 1. The van der Waals surface area contributed by atoms with Gasteiger partial charge in [-0.2, -0.15) is 0 Å². The molecule has 4 heterocycles. The maximum atomic E-state index is 15.3. The van der Waals surface area contributed by atoms with Crippen molar-refractivity contribution in [1.29, 1.82) is 0 Å². The number of amides is 4. The minimum Gasteiger partial charge on any atom is -0.471 e. The van der Waals surface area contributed by atoms with Crippen LogP contribution in [0.15, 0.2) is 41.1 Å². The number of hydrogen-bond acceptors (Lipinski definition) is 11. The molecule has 4 aliphatic rings. The maximum Gasteiger partial charge on any atom is 0.274 e. The van der Waals surface area contributed by atoms with Gasteiger partial charge in [-0.05, 0) is 57.1 Å². The average molecular weight is 744 g/mol. The molecule has 0 radical (unpaired) electrons. The second-order valence-electron chi connectivity index (χ2n) is 14.2. The van der Waals surface area contributed by atoms with Gasteiger partial charge >= 0.3 is 0 Å². The lowest BCUT2D eigenvalue weighted by molar-refractivity contribution is -0.141. The van der Waals surface area contributed by atoms with Gasteiger partial charge in [-0.3, -0.25) is 23.9 Å². The van der Waals surface area contributed by atoms with Crippen LogP contribution in [-0.4, -0.2) is 93.5 Å². The summed E-state index contributed by atoms with van der Waals surface area (Å²) < 4.78 is 69.2. The highest BCUT2D eigenvalue weighted by Gasteiger charge is 2.65. The van der Waals surface area contributed by atoms with E-state index in [1.54, 1.807) is 25.1 Å². The van der Waals surface area contributed by atoms with E-state index in [-0.39, 0.29) is 43.8 Å². The van der Waals surface area contributed by atoms with Crippen molar-refractivity contribution in [3.8, 4) is 5.88 Å². The van der Waals surface area contributed by atoms with Crippen molar-refractivity contribution in [2.24, 2.45) is 5.92 Å². The van der Waals surface area contributed by atoms with Gasteiger partial charge in [-0.15, -0.1) is 0 Å². The number of halogens is 2. The molecule has 0 spiro atoms. The van der Waals surface area contributed by atoms with Crippen LogP contribution in [0.4, 0.5) is 8.78 Å². The molecule has 2 aromatic heterocycles. The first-order valence-corrected chi connectivity index (χ1v) is 19.0. The Hall–Kier alpha value is -4.74. The summed E-state index contributed by atoms with van der Waals surface area (Å²) >= 11 is 0. The molecule has 4 amide bonds. The topological polar surface area (TPSA) is 203 Å². The molecule has 1 aromatic carbocycles. The quantitative estimate of drug-likeness (QED) is 0.321. The van der Waals surface area contributed by atoms with Crippen LogP contribution in [0.2, 0.25) is 0 Å². The number of benzene rings is 1. The van der Waals surface area contributed by atoms with Gasteiger partial charge in [0.05, 0.1) is 29.0 Å². The summed E-state index contributed by atoms with van der Waals surface area (Å²) in [5.41, 5.74) is -0.820. The van der Waals surface area contributed by atoms with E-state index in [4.69, 9.17) is 9.26 Å². The molecule has 7 rings (SSSR count).